The fourth-order valence-corrected chi connectivity index (χ4v) is 3.57. The van der Waals surface area contributed by atoms with Crippen LogP contribution in [0, 0.1) is 27.7 Å². The zero-order valence-corrected chi connectivity index (χ0v) is 24.7. The molecule has 0 aliphatic rings. The molecule has 0 atom stereocenters. The molecule has 0 saturated carbocycles. The van der Waals surface area contributed by atoms with Gasteiger partial charge in [-0.25, -0.2) is 0 Å². The predicted molar refractivity (Wildman–Crippen MR) is 162 cm³/mol. The van der Waals surface area contributed by atoms with Crippen LogP contribution in [0.3, 0.4) is 0 Å². The summed E-state index contributed by atoms with van der Waals surface area (Å²) in [6.07, 6.45) is 0. The van der Waals surface area contributed by atoms with Gasteiger partial charge in [-0.1, -0.05) is 38.1 Å². The molecular weight excluding hydrogens is 524 g/mol. The first-order chi connectivity index (χ1) is 17.9. The van der Waals surface area contributed by atoms with Gasteiger partial charge in [0.1, 0.15) is 0 Å². The maximum atomic E-state index is 3.72. The molecule has 1 heteroatoms. The summed E-state index contributed by atoms with van der Waals surface area (Å²) >= 11 is 1.51. The van der Waals surface area contributed by atoms with Gasteiger partial charge in [0.15, 0.2) is 0 Å². The van der Waals surface area contributed by atoms with E-state index in [0.29, 0.717) is 0 Å². The van der Waals surface area contributed by atoms with E-state index in [4.69, 9.17) is 0 Å². The third-order valence-electron chi connectivity index (χ3n) is 5.21. The van der Waals surface area contributed by atoms with E-state index in [1.807, 2.05) is 67.6 Å². The van der Waals surface area contributed by atoms with Gasteiger partial charge in [-0.05, 0) is 0 Å². The molecule has 0 unspecified atom stereocenters. The van der Waals surface area contributed by atoms with Crippen LogP contribution in [-0.2, 0) is 24.2 Å². The van der Waals surface area contributed by atoms with Crippen molar-refractivity contribution in [1.82, 2.24) is 0 Å². The summed E-state index contributed by atoms with van der Waals surface area (Å²) in [4.78, 5) is 0. The van der Waals surface area contributed by atoms with Crippen LogP contribution in [0.4, 0.5) is 0 Å². The fourth-order valence-electron chi connectivity index (χ4n) is 3.57. The first-order valence-corrected chi connectivity index (χ1v) is 13.8. The Bertz CT molecular complexity index is 1240. The van der Waals surface area contributed by atoms with Crippen molar-refractivity contribution < 1.29 is 24.2 Å². The molecule has 0 nitrogen and oxygen atoms in total. The van der Waals surface area contributed by atoms with E-state index in [-0.39, 0.29) is 0 Å². The number of hydrogen-bond donors (Lipinski definition) is 0. The summed E-state index contributed by atoms with van der Waals surface area (Å²) in [7, 11) is 0. The Morgan fingerprint density at radius 1 is 0.541 bits per heavy atom. The SMILES string of the molecule is C[CH]=[Zr].Cc1cc2ccccc2[cH-]1.Cc1cc2ccccc2[cH-]1.[CH2-]c1ccccc1.[CH2-]c1ccccc1. The van der Waals surface area contributed by atoms with Crippen molar-refractivity contribution in [2.45, 2.75) is 20.8 Å². The molecule has 0 aliphatic carbocycles. The Balaban J connectivity index is 0.000000170. The summed E-state index contributed by atoms with van der Waals surface area (Å²) in [5, 5.41) is 5.39. The minimum Gasteiger partial charge on any atom is -0.199 e. The van der Waals surface area contributed by atoms with Crippen LogP contribution in [0.2, 0.25) is 0 Å². The molecule has 0 saturated heterocycles. The van der Waals surface area contributed by atoms with Crippen LogP contribution in [-0.4, -0.2) is 3.71 Å². The largest absolute Gasteiger partial charge is 0.199 e. The van der Waals surface area contributed by atoms with E-state index in [2.05, 4.69) is 104 Å². The molecule has 0 amide bonds. The third-order valence-corrected chi connectivity index (χ3v) is 5.21. The van der Waals surface area contributed by atoms with Gasteiger partial charge in [0.25, 0.3) is 0 Å². The fraction of sp³-hybridized carbons (Fsp3) is 0.0833. The molecular formula is C36H36Zr-4. The van der Waals surface area contributed by atoms with Crippen LogP contribution >= 0.6 is 0 Å². The van der Waals surface area contributed by atoms with Gasteiger partial charge in [-0.3, -0.25) is 0 Å². The monoisotopic (exact) mass is 558 g/mol. The van der Waals surface area contributed by atoms with Gasteiger partial charge in [0, 0.05) is 0 Å². The zero-order chi connectivity index (χ0) is 26.9. The average Bonchev–Trinajstić information content (AvgIpc) is 3.47. The Kier molecular flexibility index (Phi) is 13.8. The van der Waals surface area contributed by atoms with Gasteiger partial charge in [0.2, 0.25) is 0 Å². The molecule has 37 heavy (non-hydrogen) atoms. The summed E-state index contributed by atoms with van der Waals surface area (Å²) in [5.74, 6) is 0. The van der Waals surface area contributed by atoms with Crippen LogP contribution in [0.15, 0.2) is 133 Å². The van der Waals surface area contributed by atoms with E-state index in [0.717, 1.165) is 11.1 Å². The normalized spacial score (nSPS) is 9.24. The van der Waals surface area contributed by atoms with Crippen molar-refractivity contribution in [3.05, 3.63) is 170 Å². The number of hydrogen-bond acceptors (Lipinski definition) is 0. The summed E-state index contributed by atoms with van der Waals surface area (Å²) < 4.78 is 2.09. The topological polar surface area (TPSA) is 0 Å². The molecule has 6 aromatic rings. The number of fused-ring (bicyclic) bond motifs is 2. The van der Waals surface area contributed by atoms with E-state index >= 15 is 0 Å². The molecule has 0 aromatic heterocycles. The molecule has 6 aromatic carbocycles. The van der Waals surface area contributed by atoms with Crippen molar-refractivity contribution in [3.8, 4) is 0 Å². The molecule has 0 fully saturated rings. The van der Waals surface area contributed by atoms with E-state index < -0.39 is 0 Å². The van der Waals surface area contributed by atoms with Crippen LogP contribution < -0.4 is 0 Å². The first-order valence-electron chi connectivity index (χ1n) is 12.4. The maximum absolute atomic E-state index is 3.72. The minimum absolute atomic E-state index is 1.07. The second-order valence-electron chi connectivity index (χ2n) is 8.58. The van der Waals surface area contributed by atoms with E-state index in [1.54, 1.807) is 0 Å². The van der Waals surface area contributed by atoms with Crippen molar-refractivity contribution in [2.24, 2.45) is 0 Å². The molecule has 6 rings (SSSR count). The Morgan fingerprint density at radius 2 is 0.838 bits per heavy atom. The molecule has 188 valence electrons. The molecule has 0 aliphatic heterocycles. The summed E-state index contributed by atoms with van der Waals surface area (Å²) in [6, 6.07) is 45.4. The quantitative estimate of drug-likeness (QED) is 0.162. The molecule has 0 N–H and O–H groups in total. The van der Waals surface area contributed by atoms with Gasteiger partial charge < -0.3 is 0 Å². The molecule has 0 radical (unpaired) electrons. The van der Waals surface area contributed by atoms with Gasteiger partial charge in [-0.15, -0.1) is 105 Å². The van der Waals surface area contributed by atoms with Gasteiger partial charge >= 0.3 is 34.9 Å². The molecule has 0 spiro atoms. The number of aryl methyl sites for hydroxylation is 2. The number of benzene rings is 4. The van der Waals surface area contributed by atoms with Crippen LogP contribution in [0.5, 0.6) is 0 Å². The van der Waals surface area contributed by atoms with Gasteiger partial charge in [0.05, 0.1) is 0 Å². The van der Waals surface area contributed by atoms with Crippen molar-refractivity contribution >= 4 is 25.3 Å². The Labute approximate surface area is 238 Å². The van der Waals surface area contributed by atoms with Crippen molar-refractivity contribution in [1.29, 1.82) is 0 Å². The Morgan fingerprint density at radius 3 is 1.11 bits per heavy atom. The zero-order valence-electron chi connectivity index (χ0n) is 22.2. The number of rotatable bonds is 0. The maximum Gasteiger partial charge on any atom is -0.0579 e. The second kappa shape index (κ2) is 17.1. The third kappa shape index (κ3) is 11.9. The molecule has 0 heterocycles. The van der Waals surface area contributed by atoms with Crippen LogP contribution in [0.1, 0.15) is 29.2 Å². The van der Waals surface area contributed by atoms with Gasteiger partial charge in [-0.2, -0.15) is 61.4 Å². The molecule has 0 bridgehead atoms. The minimum atomic E-state index is 1.07. The van der Waals surface area contributed by atoms with Crippen molar-refractivity contribution in [3.63, 3.8) is 0 Å². The average molecular weight is 560 g/mol. The summed E-state index contributed by atoms with van der Waals surface area (Å²) in [5.41, 5.74) is 4.84. The van der Waals surface area contributed by atoms with E-state index in [1.165, 1.54) is 56.9 Å². The van der Waals surface area contributed by atoms with E-state index in [9.17, 15) is 0 Å². The standard InChI is InChI=1S/2C10H9.2C7H7.C2H4.Zr/c2*1-8-6-9-4-2-3-5-10(9)7-8;2*1-7-5-3-2-4-6-7;1-2;/h2*2-7H,1H3;2*2-6H,1H2;1H,2H3;/q4*-1;;. The smallest absolute Gasteiger partial charge is 0.0579 e. The Hall–Kier alpha value is -3.41. The first kappa shape index (κ1) is 29.8. The summed E-state index contributed by atoms with van der Waals surface area (Å²) in [6.45, 7) is 13.7. The van der Waals surface area contributed by atoms with Crippen molar-refractivity contribution in [2.75, 3.05) is 0 Å². The predicted octanol–water partition coefficient (Wildman–Crippen LogP) is 9.83. The van der Waals surface area contributed by atoms with Crippen LogP contribution in [0.25, 0.3) is 21.5 Å². The second-order valence-corrected chi connectivity index (χ2v) is 10.0.